The van der Waals surface area contributed by atoms with Crippen LogP contribution in [0.3, 0.4) is 0 Å². The van der Waals surface area contributed by atoms with Crippen LogP contribution < -0.4 is 15.2 Å². The van der Waals surface area contributed by atoms with Gasteiger partial charge in [0.15, 0.2) is 0 Å². The lowest BCUT2D eigenvalue weighted by molar-refractivity contribution is -0.115. The van der Waals surface area contributed by atoms with E-state index in [0.717, 1.165) is 11.3 Å². The lowest BCUT2D eigenvalue weighted by Crippen LogP contribution is -2.20. The van der Waals surface area contributed by atoms with Crippen LogP contribution in [0, 0.1) is 0 Å². The van der Waals surface area contributed by atoms with Crippen molar-refractivity contribution in [3.63, 3.8) is 0 Å². The number of hydrogen-bond acceptors (Lipinski definition) is 4. The van der Waals surface area contributed by atoms with Crippen molar-refractivity contribution < 1.29 is 18.5 Å². The summed E-state index contributed by atoms with van der Waals surface area (Å²) in [5.74, 6) is 1.47. The molecule has 0 fully saturated rings. The van der Waals surface area contributed by atoms with E-state index in [2.05, 4.69) is 0 Å². The fraction of sp³-hybridized carbons (Fsp3) is 0.188. The molecule has 0 radical (unpaired) electrons. The molecule has 2 aromatic rings. The van der Waals surface area contributed by atoms with Crippen molar-refractivity contribution in [3.05, 3.63) is 54.1 Å². The fourth-order valence-corrected chi connectivity index (χ4v) is 2.88. The molecule has 2 aromatic carbocycles. The first-order chi connectivity index (χ1) is 10.6. The van der Waals surface area contributed by atoms with Crippen LogP contribution in [0.4, 0.5) is 0 Å². The Kier molecular flexibility index (Phi) is 5.55. The van der Waals surface area contributed by atoms with Crippen molar-refractivity contribution in [3.8, 4) is 17.2 Å². The average molecular weight is 319 g/mol. The van der Waals surface area contributed by atoms with E-state index in [1.54, 1.807) is 37.4 Å². The van der Waals surface area contributed by atoms with Gasteiger partial charge in [0.05, 0.1) is 12.9 Å². The standard InChI is InChI=1S/C16H17NO4S/c1-20-13-6-8-14(9-7-13)21-15-5-3-2-4-12(15)10-22(19)11-16(17)18/h2-9H,10-11H2,1H3,(H2,17,18)/t22-/m1/s1. The van der Waals surface area contributed by atoms with E-state index in [9.17, 15) is 9.00 Å². The zero-order chi connectivity index (χ0) is 15.9. The van der Waals surface area contributed by atoms with Crippen molar-refractivity contribution in [1.29, 1.82) is 0 Å². The Balaban J connectivity index is 2.13. The fourth-order valence-electron chi connectivity index (χ4n) is 1.88. The number of primary amides is 1. The summed E-state index contributed by atoms with van der Waals surface area (Å²) in [7, 11) is 0.247. The lowest BCUT2D eigenvalue weighted by atomic mass is 10.2. The van der Waals surface area contributed by atoms with E-state index in [4.69, 9.17) is 15.2 Å². The molecule has 0 spiro atoms. The van der Waals surface area contributed by atoms with E-state index in [-0.39, 0.29) is 11.5 Å². The van der Waals surface area contributed by atoms with Crippen molar-refractivity contribution in [1.82, 2.24) is 0 Å². The van der Waals surface area contributed by atoms with Crippen molar-refractivity contribution in [2.75, 3.05) is 12.9 Å². The Labute approximate surface area is 131 Å². The number of ether oxygens (including phenoxy) is 2. The number of nitrogens with two attached hydrogens (primary N) is 1. The smallest absolute Gasteiger partial charge is 0.230 e. The van der Waals surface area contributed by atoms with Crippen LogP contribution >= 0.6 is 0 Å². The lowest BCUT2D eigenvalue weighted by Gasteiger charge is -2.11. The number of para-hydroxylation sites is 1. The molecule has 0 aliphatic carbocycles. The first-order valence-electron chi connectivity index (χ1n) is 6.61. The van der Waals surface area contributed by atoms with Crippen LogP contribution in [-0.4, -0.2) is 23.0 Å². The van der Waals surface area contributed by atoms with Gasteiger partial charge in [0, 0.05) is 16.4 Å². The van der Waals surface area contributed by atoms with Gasteiger partial charge in [0.2, 0.25) is 5.91 Å². The van der Waals surface area contributed by atoms with Gasteiger partial charge in [-0.3, -0.25) is 9.00 Å². The Morgan fingerprint density at radius 1 is 1.09 bits per heavy atom. The molecule has 116 valence electrons. The molecule has 0 bridgehead atoms. The van der Waals surface area contributed by atoms with Gasteiger partial charge in [0.25, 0.3) is 0 Å². The second kappa shape index (κ2) is 7.61. The molecule has 2 N–H and O–H groups in total. The molecule has 2 rings (SSSR count). The molecule has 0 aromatic heterocycles. The first-order valence-corrected chi connectivity index (χ1v) is 8.10. The average Bonchev–Trinajstić information content (AvgIpc) is 2.49. The van der Waals surface area contributed by atoms with Gasteiger partial charge in [-0.15, -0.1) is 0 Å². The summed E-state index contributed by atoms with van der Waals surface area (Å²) < 4.78 is 22.8. The Morgan fingerprint density at radius 3 is 2.36 bits per heavy atom. The molecule has 0 aliphatic heterocycles. The Morgan fingerprint density at radius 2 is 1.73 bits per heavy atom. The molecule has 6 heteroatoms. The highest BCUT2D eigenvalue weighted by molar-refractivity contribution is 7.84. The summed E-state index contributed by atoms with van der Waals surface area (Å²) in [6.45, 7) is 0. The molecule has 0 saturated heterocycles. The number of carbonyl (C=O) groups excluding carboxylic acids is 1. The van der Waals surface area contributed by atoms with E-state index >= 15 is 0 Å². The first kappa shape index (κ1) is 16.0. The molecule has 5 nitrogen and oxygen atoms in total. The quantitative estimate of drug-likeness (QED) is 0.849. The molecule has 1 amide bonds. The number of hydrogen-bond donors (Lipinski definition) is 1. The zero-order valence-corrected chi connectivity index (χ0v) is 13.0. The third-order valence-corrected chi connectivity index (χ3v) is 4.12. The third-order valence-electron chi connectivity index (χ3n) is 2.88. The SMILES string of the molecule is COc1ccc(Oc2ccccc2C[S@@](=O)CC(N)=O)cc1. The maximum Gasteiger partial charge on any atom is 0.230 e. The minimum Gasteiger partial charge on any atom is -0.497 e. The van der Waals surface area contributed by atoms with Crippen molar-refractivity contribution in [2.45, 2.75) is 5.75 Å². The molecule has 0 heterocycles. The zero-order valence-electron chi connectivity index (χ0n) is 12.2. The monoisotopic (exact) mass is 319 g/mol. The van der Waals surface area contributed by atoms with E-state index < -0.39 is 16.7 Å². The maximum absolute atomic E-state index is 11.8. The summed E-state index contributed by atoms with van der Waals surface area (Å²) in [4.78, 5) is 10.8. The van der Waals surface area contributed by atoms with Crippen LogP contribution in [0.2, 0.25) is 0 Å². The van der Waals surface area contributed by atoms with Crippen LogP contribution in [0.5, 0.6) is 17.2 Å². The summed E-state index contributed by atoms with van der Waals surface area (Å²) >= 11 is 0. The van der Waals surface area contributed by atoms with Crippen molar-refractivity contribution >= 4 is 16.7 Å². The van der Waals surface area contributed by atoms with Gasteiger partial charge >= 0.3 is 0 Å². The van der Waals surface area contributed by atoms with Gasteiger partial charge in [0.1, 0.15) is 23.0 Å². The van der Waals surface area contributed by atoms with Gasteiger partial charge in [-0.1, -0.05) is 18.2 Å². The normalized spacial score (nSPS) is 11.7. The summed E-state index contributed by atoms with van der Waals surface area (Å²) in [5, 5.41) is 0. The minimum atomic E-state index is -1.35. The summed E-state index contributed by atoms with van der Waals surface area (Å²) in [6.07, 6.45) is 0. The molecular formula is C16H17NO4S. The number of carbonyl (C=O) groups is 1. The third kappa shape index (κ3) is 4.60. The number of amides is 1. The van der Waals surface area contributed by atoms with Gasteiger partial charge in [-0.2, -0.15) is 0 Å². The Bertz CT molecular complexity index is 670. The highest BCUT2D eigenvalue weighted by atomic mass is 32.2. The van der Waals surface area contributed by atoms with E-state index in [0.29, 0.717) is 11.5 Å². The van der Waals surface area contributed by atoms with Crippen LogP contribution in [0.15, 0.2) is 48.5 Å². The van der Waals surface area contributed by atoms with Crippen LogP contribution in [0.25, 0.3) is 0 Å². The second-order valence-electron chi connectivity index (χ2n) is 4.58. The maximum atomic E-state index is 11.8. The molecule has 22 heavy (non-hydrogen) atoms. The topological polar surface area (TPSA) is 78.6 Å². The molecule has 0 unspecified atom stereocenters. The highest BCUT2D eigenvalue weighted by Crippen LogP contribution is 2.27. The Hall–Kier alpha value is -2.34. The van der Waals surface area contributed by atoms with E-state index in [1.807, 2.05) is 18.2 Å². The predicted octanol–water partition coefficient (Wildman–Crippen LogP) is 2.22. The highest BCUT2D eigenvalue weighted by Gasteiger charge is 2.10. The van der Waals surface area contributed by atoms with Crippen LogP contribution in [0.1, 0.15) is 5.56 Å². The number of methoxy groups -OCH3 is 1. The number of benzene rings is 2. The summed E-state index contributed by atoms with van der Waals surface area (Å²) in [5.41, 5.74) is 5.82. The second-order valence-corrected chi connectivity index (χ2v) is 6.04. The number of rotatable bonds is 7. The minimum absolute atomic E-state index is 0.156. The largest absolute Gasteiger partial charge is 0.497 e. The molecule has 1 atom stereocenters. The van der Waals surface area contributed by atoms with E-state index in [1.165, 1.54) is 0 Å². The predicted molar refractivity (Wildman–Crippen MR) is 85.4 cm³/mol. The van der Waals surface area contributed by atoms with Gasteiger partial charge < -0.3 is 15.2 Å². The van der Waals surface area contributed by atoms with Crippen LogP contribution in [-0.2, 0) is 21.3 Å². The van der Waals surface area contributed by atoms with Gasteiger partial charge in [-0.05, 0) is 30.3 Å². The van der Waals surface area contributed by atoms with Gasteiger partial charge in [-0.25, -0.2) is 0 Å². The molecule has 0 saturated carbocycles. The molecular weight excluding hydrogens is 302 g/mol. The molecule has 0 aliphatic rings. The summed E-state index contributed by atoms with van der Waals surface area (Å²) in [6, 6.07) is 14.4. The van der Waals surface area contributed by atoms with Crippen molar-refractivity contribution in [2.24, 2.45) is 5.73 Å².